The zero-order valence-corrected chi connectivity index (χ0v) is 15.2. The van der Waals surface area contributed by atoms with Crippen LogP contribution >= 0.6 is 0 Å². The molecule has 0 radical (unpaired) electrons. The lowest BCUT2D eigenvalue weighted by atomic mass is 9.91. The molecule has 1 saturated carbocycles. The van der Waals surface area contributed by atoms with Gasteiger partial charge in [0.05, 0.1) is 4.90 Å². The van der Waals surface area contributed by atoms with Crippen molar-refractivity contribution in [3.63, 3.8) is 0 Å². The van der Waals surface area contributed by atoms with Crippen molar-refractivity contribution in [3.05, 3.63) is 60.2 Å². The van der Waals surface area contributed by atoms with E-state index in [1.807, 2.05) is 6.07 Å². The normalized spacial score (nSPS) is 20.3. The maximum absolute atomic E-state index is 12.4. The Balaban J connectivity index is 1.65. The second kappa shape index (κ2) is 7.88. The van der Waals surface area contributed by atoms with E-state index in [0.717, 1.165) is 25.7 Å². The molecule has 0 saturated heterocycles. The van der Waals surface area contributed by atoms with Crippen molar-refractivity contribution in [2.75, 3.05) is 4.72 Å². The monoisotopic (exact) mass is 373 g/mol. The summed E-state index contributed by atoms with van der Waals surface area (Å²) in [5, 5.41) is 2.99. The predicted octanol–water partition coefficient (Wildman–Crippen LogP) is 2.49. The fraction of sp³-hybridized carbons (Fsp3) is 0.316. The number of rotatable bonds is 5. The lowest BCUT2D eigenvalue weighted by molar-refractivity contribution is 0.0926. The Morgan fingerprint density at radius 1 is 0.923 bits per heavy atom. The van der Waals surface area contributed by atoms with E-state index in [1.54, 1.807) is 24.3 Å². The van der Waals surface area contributed by atoms with Crippen LogP contribution in [0.2, 0.25) is 0 Å². The first kappa shape index (κ1) is 18.4. The Hall–Kier alpha value is -2.38. The quantitative estimate of drug-likeness (QED) is 0.749. The van der Waals surface area contributed by atoms with Crippen molar-refractivity contribution < 1.29 is 13.2 Å². The van der Waals surface area contributed by atoms with Crippen LogP contribution in [0.4, 0.5) is 5.69 Å². The molecule has 7 heteroatoms. The summed E-state index contributed by atoms with van der Waals surface area (Å²) in [6, 6.07) is 15.0. The third kappa shape index (κ3) is 4.62. The summed E-state index contributed by atoms with van der Waals surface area (Å²) < 4.78 is 27.3. The van der Waals surface area contributed by atoms with Gasteiger partial charge >= 0.3 is 0 Å². The fourth-order valence-electron chi connectivity index (χ4n) is 3.04. The summed E-state index contributed by atoms with van der Waals surface area (Å²) >= 11 is 0. The number of para-hydroxylation sites is 1. The number of sulfonamides is 1. The molecule has 0 bridgehead atoms. The number of nitrogens with two attached hydrogens (primary N) is 1. The van der Waals surface area contributed by atoms with E-state index < -0.39 is 10.0 Å². The van der Waals surface area contributed by atoms with Crippen LogP contribution < -0.4 is 15.8 Å². The van der Waals surface area contributed by atoms with Crippen molar-refractivity contribution in [2.45, 2.75) is 42.7 Å². The number of nitrogens with one attached hydrogen (secondary N) is 2. The SMILES string of the molecule is NC1CCC(NC(=O)c2ccc(S(=O)(=O)Nc3ccccc3)cc2)CC1. The van der Waals surface area contributed by atoms with Gasteiger partial charge in [0.2, 0.25) is 0 Å². The van der Waals surface area contributed by atoms with Crippen LogP contribution in [-0.4, -0.2) is 26.4 Å². The lowest BCUT2D eigenvalue weighted by Crippen LogP contribution is -2.40. The lowest BCUT2D eigenvalue weighted by Gasteiger charge is -2.26. The third-order valence-electron chi connectivity index (χ3n) is 4.56. The average molecular weight is 373 g/mol. The summed E-state index contributed by atoms with van der Waals surface area (Å²) in [6.07, 6.45) is 3.57. The van der Waals surface area contributed by atoms with Gasteiger partial charge in [0.1, 0.15) is 0 Å². The molecule has 26 heavy (non-hydrogen) atoms. The second-order valence-corrected chi connectivity index (χ2v) is 8.26. The van der Waals surface area contributed by atoms with Gasteiger partial charge in [-0.2, -0.15) is 0 Å². The molecule has 6 nitrogen and oxygen atoms in total. The van der Waals surface area contributed by atoms with E-state index in [1.165, 1.54) is 24.3 Å². The van der Waals surface area contributed by atoms with Gasteiger partial charge in [-0.25, -0.2) is 8.42 Å². The first-order valence-corrected chi connectivity index (χ1v) is 10.2. The highest BCUT2D eigenvalue weighted by Crippen LogP contribution is 2.19. The van der Waals surface area contributed by atoms with Crippen LogP contribution in [0.5, 0.6) is 0 Å². The Labute approximate surface area is 153 Å². The number of carbonyl (C=O) groups is 1. The molecular weight excluding hydrogens is 350 g/mol. The number of carbonyl (C=O) groups excluding carboxylic acids is 1. The van der Waals surface area contributed by atoms with Crippen molar-refractivity contribution >= 4 is 21.6 Å². The highest BCUT2D eigenvalue weighted by molar-refractivity contribution is 7.92. The largest absolute Gasteiger partial charge is 0.349 e. The van der Waals surface area contributed by atoms with Gasteiger partial charge in [0, 0.05) is 23.3 Å². The van der Waals surface area contributed by atoms with E-state index in [9.17, 15) is 13.2 Å². The van der Waals surface area contributed by atoms with Gasteiger partial charge in [-0.15, -0.1) is 0 Å². The fourth-order valence-corrected chi connectivity index (χ4v) is 4.10. The number of hydrogen-bond acceptors (Lipinski definition) is 4. The minimum absolute atomic E-state index is 0.113. The molecule has 138 valence electrons. The molecule has 1 amide bonds. The average Bonchev–Trinajstić information content (AvgIpc) is 2.64. The highest BCUT2D eigenvalue weighted by Gasteiger charge is 2.21. The van der Waals surface area contributed by atoms with E-state index >= 15 is 0 Å². The summed E-state index contributed by atoms with van der Waals surface area (Å²) in [5.74, 6) is -0.189. The van der Waals surface area contributed by atoms with Crippen molar-refractivity contribution in [3.8, 4) is 0 Å². The van der Waals surface area contributed by atoms with Gasteiger partial charge in [-0.1, -0.05) is 18.2 Å². The van der Waals surface area contributed by atoms with Crippen LogP contribution in [0.1, 0.15) is 36.0 Å². The highest BCUT2D eigenvalue weighted by atomic mass is 32.2. The number of hydrogen-bond donors (Lipinski definition) is 3. The van der Waals surface area contributed by atoms with Crippen molar-refractivity contribution in [1.29, 1.82) is 0 Å². The molecule has 2 aromatic carbocycles. The van der Waals surface area contributed by atoms with Gasteiger partial charge in [-0.3, -0.25) is 9.52 Å². The maximum Gasteiger partial charge on any atom is 0.261 e. The molecule has 1 aliphatic carbocycles. The Morgan fingerprint density at radius 3 is 2.15 bits per heavy atom. The molecule has 0 spiro atoms. The van der Waals surface area contributed by atoms with Crippen LogP contribution in [0.15, 0.2) is 59.5 Å². The van der Waals surface area contributed by atoms with Gasteiger partial charge in [0.25, 0.3) is 15.9 Å². The van der Waals surface area contributed by atoms with Gasteiger partial charge in [-0.05, 0) is 62.1 Å². The summed E-state index contributed by atoms with van der Waals surface area (Å²) in [4.78, 5) is 12.5. The second-order valence-electron chi connectivity index (χ2n) is 6.58. The van der Waals surface area contributed by atoms with E-state index in [0.29, 0.717) is 11.3 Å². The van der Waals surface area contributed by atoms with Crippen LogP contribution in [-0.2, 0) is 10.0 Å². The molecule has 3 rings (SSSR count). The summed E-state index contributed by atoms with van der Waals surface area (Å²) in [5.41, 5.74) is 6.81. The third-order valence-corrected chi connectivity index (χ3v) is 5.96. The summed E-state index contributed by atoms with van der Waals surface area (Å²) in [7, 11) is -3.68. The zero-order valence-electron chi connectivity index (χ0n) is 14.4. The topological polar surface area (TPSA) is 101 Å². The molecule has 1 fully saturated rings. The molecule has 4 N–H and O–H groups in total. The number of benzene rings is 2. The van der Waals surface area contributed by atoms with Crippen molar-refractivity contribution in [2.24, 2.45) is 5.73 Å². The molecule has 0 unspecified atom stereocenters. The predicted molar refractivity (Wildman–Crippen MR) is 101 cm³/mol. The molecule has 1 aliphatic rings. The Morgan fingerprint density at radius 2 is 1.54 bits per heavy atom. The van der Waals surface area contributed by atoms with Gasteiger partial charge < -0.3 is 11.1 Å². The van der Waals surface area contributed by atoms with Crippen LogP contribution in [0.3, 0.4) is 0 Å². The summed E-state index contributed by atoms with van der Waals surface area (Å²) in [6.45, 7) is 0. The minimum Gasteiger partial charge on any atom is -0.349 e. The first-order chi connectivity index (χ1) is 12.4. The molecule has 0 aliphatic heterocycles. The number of amides is 1. The van der Waals surface area contributed by atoms with Crippen molar-refractivity contribution in [1.82, 2.24) is 5.32 Å². The Bertz CT molecular complexity index is 843. The molecule has 0 heterocycles. The Kier molecular flexibility index (Phi) is 5.58. The molecule has 0 aromatic heterocycles. The number of anilines is 1. The zero-order chi connectivity index (χ0) is 18.6. The smallest absolute Gasteiger partial charge is 0.261 e. The molecular formula is C19H23N3O3S. The molecule has 2 aromatic rings. The maximum atomic E-state index is 12.4. The van der Waals surface area contributed by atoms with E-state index in [4.69, 9.17) is 5.73 Å². The van der Waals surface area contributed by atoms with Gasteiger partial charge in [0.15, 0.2) is 0 Å². The minimum atomic E-state index is -3.68. The standard InChI is InChI=1S/C19H23N3O3S/c20-15-8-10-16(11-9-15)21-19(23)14-6-12-18(13-7-14)26(24,25)22-17-4-2-1-3-5-17/h1-7,12-13,15-16,22H,8-11,20H2,(H,21,23). The van der Waals surface area contributed by atoms with Crippen LogP contribution in [0, 0.1) is 0 Å². The molecule has 0 atom stereocenters. The van der Waals surface area contributed by atoms with E-state index in [2.05, 4.69) is 10.0 Å². The van der Waals surface area contributed by atoms with E-state index in [-0.39, 0.29) is 22.9 Å². The first-order valence-electron chi connectivity index (χ1n) is 8.68. The van der Waals surface area contributed by atoms with Crippen LogP contribution in [0.25, 0.3) is 0 Å².